The van der Waals surface area contributed by atoms with Crippen LogP contribution in [0, 0.1) is 15.6 Å². The maximum absolute atomic E-state index is 13.0. The normalized spacial score (nSPS) is 27.3. The van der Waals surface area contributed by atoms with Gasteiger partial charge in [-0.2, -0.15) is 0 Å². The van der Waals surface area contributed by atoms with Crippen molar-refractivity contribution in [3.8, 4) is 0 Å². The molecular formula is C20H28N4O5-2. The molecule has 1 fully saturated rings. The molecule has 9 heteroatoms. The van der Waals surface area contributed by atoms with Crippen molar-refractivity contribution in [2.24, 2.45) is 0 Å². The van der Waals surface area contributed by atoms with Gasteiger partial charge in [-0.25, -0.2) is 5.21 Å². The molecule has 0 atom stereocenters. The maximum Gasteiger partial charge on any atom is 0.313 e. The van der Waals surface area contributed by atoms with Gasteiger partial charge in [0.25, 0.3) is 0 Å². The Hall–Kier alpha value is -2.36. The maximum atomic E-state index is 13.0. The van der Waals surface area contributed by atoms with Crippen LogP contribution in [0.3, 0.4) is 0 Å². The number of carbonyl (C=O) groups is 1. The Morgan fingerprint density at radius 2 is 1.38 bits per heavy atom. The first kappa shape index (κ1) is 21.4. The lowest BCUT2D eigenvalue weighted by atomic mass is 9.84. The van der Waals surface area contributed by atoms with Crippen molar-refractivity contribution in [3.05, 3.63) is 50.8 Å². The molecule has 2 aliphatic heterocycles. The average Bonchev–Trinajstić information content (AvgIpc) is 2.81. The standard InChI is InChI=1S/C20H28N4O5/c1-17(2)18(3,4)22(27)15(21(17)26)12-9-10-14(25)13(11-12)16-23(28)19(5,6)20(7,8)24(16)29/h9-11,26H,1-8H3/q-2. The second kappa shape index (κ2) is 5.84. The molecule has 0 amide bonds. The van der Waals surface area contributed by atoms with Crippen molar-refractivity contribution in [1.82, 2.24) is 15.2 Å². The lowest BCUT2D eigenvalue weighted by molar-refractivity contribution is -0.539. The molecule has 0 aromatic heterocycles. The first-order chi connectivity index (χ1) is 13.0. The molecule has 3 rings (SSSR count). The molecular weight excluding hydrogens is 376 g/mol. The zero-order valence-corrected chi connectivity index (χ0v) is 18.1. The number of hydroxylamine groups is 7. The van der Waals surface area contributed by atoms with E-state index in [1.165, 1.54) is 18.2 Å². The minimum absolute atomic E-state index is 0.0479. The number of carbonyl (C=O) groups excluding carboxylic acids is 1. The Morgan fingerprint density at radius 3 is 1.79 bits per heavy atom. The van der Waals surface area contributed by atoms with Crippen LogP contribution in [0.25, 0.3) is 0 Å². The van der Waals surface area contributed by atoms with Crippen molar-refractivity contribution in [2.45, 2.75) is 77.5 Å². The predicted octanol–water partition coefficient (Wildman–Crippen LogP) is 2.60. The molecule has 9 nitrogen and oxygen atoms in total. The number of amidine groups is 1. The minimum atomic E-state index is -1.08. The number of rotatable bonds is 1. The summed E-state index contributed by atoms with van der Waals surface area (Å²) < 4.78 is 0.688. The lowest BCUT2D eigenvalue weighted by Gasteiger charge is -2.46. The number of ketones is 1. The van der Waals surface area contributed by atoms with Gasteiger partial charge in [-0.3, -0.25) is 9.53 Å². The first-order valence-corrected chi connectivity index (χ1v) is 9.48. The van der Waals surface area contributed by atoms with E-state index >= 15 is 0 Å². The first-order valence-electron chi connectivity index (χ1n) is 9.48. The summed E-state index contributed by atoms with van der Waals surface area (Å²) in [6.45, 7) is 13.4. The Bertz CT molecular complexity index is 886. The summed E-state index contributed by atoms with van der Waals surface area (Å²) in [5, 5.41) is 51.5. The van der Waals surface area contributed by atoms with Crippen LogP contribution in [0.15, 0.2) is 35.2 Å². The zero-order valence-electron chi connectivity index (χ0n) is 18.1. The van der Waals surface area contributed by atoms with E-state index in [2.05, 4.69) is 0 Å². The van der Waals surface area contributed by atoms with E-state index in [1.807, 2.05) is 0 Å². The largest absolute Gasteiger partial charge is 0.757 e. The highest BCUT2D eigenvalue weighted by atomic mass is 16.6. The zero-order chi connectivity index (χ0) is 22.3. The van der Waals surface area contributed by atoms with E-state index in [0.717, 1.165) is 5.06 Å². The van der Waals surface area contributed by atoms with Crippen LogP contribution in [-0.4, -0.2) is 58.9 Å². The fraction of sp³-hybridized carbons (Fsp3) is 0.600. The summed E-state index contributed by atoms with van der Waals surface area (Å²) in [7, 11) is 0. The quantitative estimate of drug-likeness (QED) is 0.402. The fourth-order valence-electron chi connectivity index (χ4n) is 3.53. The summed E-state index contributed by atoms with van der Waals surface area (Å²) >= 11 is 0. The van der Waals surface area contributed by atoms with Gasteiger partial charge in [-0.1, -0.05) is 0 Å². The minimum Gasteiger partial charge on any atom is -0.757 e. The molecule has 0 saturated carbocycles. The molecule has 0 unspecified atom stereocenters. The van der Waals surface area contributed by atoms with Gasteiger partial charge >= 0.3 is 5.84 Å². The number of nitrogens with zero attached hydrogens (tertiary/aromatic N) is 4. The molecule has 1 saturated heterocycles. The van der Waals surface area contributed by atoms with Crippen LogP contribution >= 0.6 is 0 Å². The number of allylic oxidation sites excluding steroid dienone is 3. The van der Waals surface area contributed by atoms with Crippen LogP contribution in [0.1, 0.15) is 55.4 Å². The van der Waals surface area contributed by atoms with Gasteiger partial charge in [0.15, 0.2) is 11.3 Å². The number of hydrogen-bond donors (Lipinski definition) is 1. The molecule has 3 aliphatic rings. The molecule has 1 aliphatic carbocycles. The van der Waals surface area contributed by atoms with Gasteiger partial charge in [0.05, 0.1) is 17.0 Å². The lowest BCUT2D eigenvalue weighted by Crippen LogP contribution is -2.53. The van der Waals surface area contributed by atoms with Crippen molar-refractivity contribution in [3.63, 3.8) is 0 Å². The Balaban J connectivity index is 2.21. The van der Waals surface area contributed by atoms with Crippen LogP contribution < -0.4 is 0 Å². The number of hydrogen-bond acceptors (Lipinski definition) is 8. The summed E-state index contributed by atoms with van der Waals surface area (Å²) in [4.78, 5) is 12.6. The van der Waals surface area contributed by atoms with E-state index in [-0.39, 0.29) is 22.8 Å². The molecule has 0 spiro atoms. The van der Waals surface area contributed by atoms with Gasteiger partial charge in [0.2, 0.25) is 0 Å². The molecule has 0 aromatic rings. The third-order valence-corrected chi connectivity index (χ3v) is 7.30. The fourth-order valence-corrected chi connectivity index (χ4v) is 3.53. The second-order valence-electron chi connectivity index (χ2n) is 9.79. The van der Waals surface area contributed by atoms with E-state index in [4.69, 9.17) is 0 Å². The summed E-state index contributed by atoms with van der Waals surface area (Å²) in [6, 6.07) is 0. The Labute approximate surface area is 170 Å². The average molecular weight is 404 g/mol. The van der Waals surface area contributed by atoms with E-state index in [0.29, 0.717) is 14.9 Å². The Morgan fingerprint density at radius 1 is 0.897 bits per heavy atom. The highest BCUT2D eigenvalue weighted by Crippen LogP contribution is 2.46. The monoisotopic (exact) mass is 404 g/mol. The van der Waals surface area contributed by atoms with Gasteiger partial charge in [-0.15, -0.1) is 5.06 Å². The topological polar surface area (TPSA) is 119 Å². The van der Waals surface area contributed by atoms with Crippen molar-refractivity contribution >= 4 is 11.6 Å². The van der Waals surface area contributed by atoms with Crippen molar-refractivity contribution in [2.75, 3.05) is 0 Å². The summed E-state index contributed by atoms with van der Waals surface area (Å²) in [6.07, 6.45) is 3.93. The van der Waals surface area contributed by atoms with Crippen LogP contribution in [0.5, 0.6) is 0 Å². The van der Waals surface area contributed by atoms with Crippen LogP contribution in [0.4, 0.5) is 0 Å². The molecule has 29 heavy (non-hydrogen) atoms. The SMILES string of the molecule is CC1(C)N([O-])C(=C2C=C(C3=[N+]([O-])C(C)(C)C(C)(C)N3O)C=CC2=O)N([O-])C1(C)C. The predicted molar refractivity (Wildman–Crippen MR) is 108 cm³/mol. The highest BCUT2D eigenvalue weighted by molar-refractivity contribution is 6.12. The van der Waals surface area contributed by atoms with Crippen LogP contribution in [-0.2, 0) is 4.79 Å². The molecule has 0 radical (unpaired) electrons. The van der Waals surface area contributed by atoms with Gasteiger partial charge in [-0.05, 0) is 73.6 Å². The third kappa shape index (κ3) is 2.44. The highest BCUT2D eigenvalue weighted by Gasteiger charge is 2.59. The van der Waals surface area contributed by atoms with Crippen LogP contribution in [0.2, 0.25) is 0 Å². The van der Waals surface area contributed by atoms with Gasteiger partial charge < -0.3 is 25.7 Å². The Kier molecular flexibility index (Phi) is 4.30. The summed E-state index contributed by atoms with van der Waals surface area (Å²) in [5.74, 6) is -0.864. The molecule has 2 heterocycles. The van der Waals surface area contributed by atoms with Crippen molar-refractivity contribution < 1.29 is 14.7 Å². The van der Waals surface area contributed by atoms with E-state index in [1.54, 1.807) is 55.4 Å². The van der Waals surface area contributed by atoms with E-state index in [9.17, 15) is 25.6 Å². The summed E-state index contributed by atoms with van der Waals surface area (Å²) in [5.41, 5.74) is -3.90. The van der Waals surface area contributed by atoms with Gasteiger partial charge in [0.1, 0.15) is 5.54 Å². The molecule has 0 bridgehead atoms. The molecule has 1 N–H and O–H groups in total. The van der Waals surface area contributed by atoms with Gasteiger partial charge in [0, 0.05) is 11.1 Å². The molecule has 160 valence electrons. The smallest absolute Gasteiger partial charge is 0.313 e. The van der Waals surface area contributed by atoms with Crippen molar-refractivity contribution in [1.29, 1.82) is 0 Å². The molecule has 0 aromatic carbocycles. The second-order valence-corrected chi connectivity index (χ2v) is 9.79. The van der Waals surface area contributed by atoms with E-state index < -0.39 is 27.9 Å². The third-order valence-electron chi connectivity index (χ3n) is 7.30.